The zero-order valence-corrected chi connectivity index (χ0v) is 15.6. The first kappa shape index (κ1) is 18.9. The summed E-state index contributed by atoms with van der Waals surface area (Å²) >= 11 is 0. The number of anilines is 2. The van der Waals surface area contributed by atoms with Crippen molar-refractivity contribution in [3.8, 4) is 0 Å². The summed E-state index contributed by atoms with van der Waals surface area (Å²) < 4.78 is 0. The van der Waals surface area contributed by atoms with Crippen LogP contribution in [0.3, 0.4) is 0 Å². The van der Waals surface area contributed by atoms with E-state index in [4.69, 9.17) is 10.1 Å². The molecule has 2 aliphatic rings. The summed E-state index contributed by atoms with van der Waals surface area (Å²) in [6.07, 6.45) is 10.1. The molecule has 0 amide bonds. The Morgan fingerprint density at radius 1 is 1.15 bits per heavy atom. The van der Waals surface area contributed by atoms with Crippen LogP contribution in [0.2, 0.25) is 0 Å². The van der Waals surface area contributed by atoms with E-state index in [0.29, 0.717) is 6.04 Å². The summed E-state index contributed by atoms with van der Waals surface area (Å²) in [6, 6.07) is 2.41. The van der Waals surface area contributed by atoms with Crippen LogP contribution in [-0.2, 0) is 4.79 Å². The number of nitrogens with one attached hydrogen (secondary N) is 1. The largest absolute Gasteiger partial charge is 0.481 e. The van der Waals surface area contributed by atoms with Crippen LogP contribution in [-0.4, -0.2) is 64.7 Å². The van der Waals surface area contributed by atoms with Gasteiger partial charge in [0.05, 0.1) is 0 Å². The molecule has 0 spiro atoms. The van der Waals surface area contributed by atoms with Crippen LogP contribution >= 0.6 is 0 Å². The van der Waals surface area contributed by atoms with E-state index in [1.807, 2.05) is 12.3 Å². The van der Waals surface area contributed by atoms with Crippen LogP contribution in [0.25, 0.3) is 0 Å². The van der Waals surface area contributed by atoms with Crippen molar-refractivity contribution < 1.29 is 9.90 Å². The number of rotatable bonds is 7. The van der Waals surface area contributed by atoms with Gasteiger partial charge in [-0.25, -0.2) is 4.98 Å². The molecule has 2 saturated heterocycles. The molecule has 0 unspecified atom stereocenters. The number of carbonyl (C=O) groups is 1. The van der Waals surface area contributed by atoms with E-state index >= 15 is 0 Å². The Morgan fingerprint density at radius 2 is 1.88 bits per heavy atom. The Balaban J connectivity index is 1.46. The third kappa shape index (κ3) is 5.83. The van der Waals surface area contributed by atoms with Crippen LogP contribution < -0.4 is 10.2 Å². The van der Waals surface area contributed by atoms with Crippen LogP contribution in [0.4, 0.5) is 11.8 Å². The second kappa shape index (κ2) is 9.71. The van der Waals surface area contributed by atoms with E-state index in [1.165, 1.54) is 25.7 Å². The lowest BCUT2D eigenvalue weighted by Gasteiger charge is -2.32. The number of nitrogens with zero attached hydrogens (tertiary/aromatic N) is 4. The Bertz CT molecular complexity index is 567. The molecular weight excluding hydrogens is 330 g/mol. The Labute approximate surface area is 155 Å². The molecule has 0 radical (unpaired) electrons. The smallest absolute Gasteiger partial charge is 0.303 e. The summed E-state index contributed by atoms with van der Waals surface area (Å²) in [7, 11) is 0. The summed E-state index contributed by atoms with van der Waals surface area (Å²) in [5.41, 5.74) is 0. The highest BCUT2D eigenvalue weighted by Crippen LogP contribution is 2.20. The number of piperidine rings is 1. The monoisotopic (exact) mass is 361 g/mol. The van der Waals surface area contributed by atoms with Crippen molar-refractivity contribution in [2.45, 2.75) is 57.4 Å². The normalized spacial score (nSPS) is 19.9. The van der Waals surface area contributed by atoms with Gasteiger partial charge in [-0.2, -0.15) is 4.98 Å². The molecule has 0 aromatic carbocycles. The zero-order valence-electron chi connectivity index (χ0n) is 15.6. The molecule has 3 heterocycles. The van der Waals surface area contributed by atoms with E-state index in [9.17, 15) is 4.79 Å². The third-order valence-corrected chi connectivity index (χ3v) is 5.36. The second-order valence-electron chi connectivity index (χ2n) is 7.40. The predicted octanol–water partition coefficient (Wildman–Crippen LogP) is 2.60. The highest BCUT2D eigenvalue weighted by molar-refractivity contribution is 5.66. The van der Waals surface area contributed by atoms with Gasteiger partial charge in [-0.3, -0.25) is 4.79 Å². The lowest BCUT2D eigenvalue weighted by Crippen LogP contribution is -2.40. The van der Waals surface area contributed by atoms with Crippen LogP contribution in [0.1, 0.15) is 51.4 Å². The first-order chi connectivity index (χ1) is 12.7. The van der Waals surface area contributed by atoms with Crippen molar-refractivity contribution in [2.75, 3.05) is 42.9 Å². The van der Waals surface area contributed by atoms with Crippen LogP contribution in [0.15, 0.2) is 12.3 Å². The van der Waals surface area contributed by atoms with E-state index < -0.39 is 5.97 Å². The van der Waals surface area contributed by atoms with Gasteiger partial charge in [0.25, 0.3) is 0 Å². The maximum Gasteiger partial charge on any atom is 0.303 e. The quantitative estimate of drug-likeness (QED) is 0.772. The standard InChI is InChI=1S/C19H31N5O2/c25-18(26)6-5-11-23-14-8-16(9-15-23)21-19-20-10-7-17(22-19)24-12-3-1-2-4-13-24/h7,10,16H,1-6,8-9,11-15H2,(H,25,26)(H,20,21,22). The van der Waals surface area contributed by atoms with Gasteiger partial charge in [-0.15, -0.1) is 0 Å². The average Bonchev–Trinajstić information content (AvgIpc) is 2.93. The van der Waals surface area contributed by atoms with Gasteiger partial charge in [0, 0.05) is 44.8 Å². The topological polar surface area (TPSA) is 81.6 Å². The van der Waals surface area contributed by atoms with Gasteiger partial charge in [-0.1, -0.05) is 12.8 Å². The molecule has 0 saturated carbocycles. The Hall–Kier alpha value is -1.89. The van der Waals surface area contributed by atoms with Crippen molar-refractivity contribution in [3.05, 3.63) is 12.3 Å². The molecule has 0 atom stereocenters. The fraction of sp³-hybridized carbons (Fsp3) is 0.737. The lowest BCUT2D eigenvalue weighted by atomic mass is 10.0. The minimum atomic E-state index is -0.706. The molecular formula is C19H31N5O2. The fourth-order valence-corrected chi connectivity index (χ4v) is 3.83. The molecule has 2 fully saturated rings. The second-order valence-corrected chi connectivity index (χ2v) is 7.40. The Kier molecular flexibility index (Phi) is 7.05. The molecule has 3 rings (SSSR count). The number of hydrogen-bond donors (Lipinski definition) is 2. The average molecular weight is 361 g/mol. The minimum absolute atomic E-state index is 0.259. The number of aliphatic carboxylic acids is 1. The summed E-state index contributed by atoms with van der Waals surface area (Å²) in [5.74, 6) is 1.06. The van der Waals surface area contributed by atoms with Crippen molar-refractivity contribution >= 4 is 17.7 Å². The van der Waals surface area contributed by atoms with Gasteiger partial charge in [0.1, 0.15) is 5.82 Å². The van der Waals surface area contributed by atoms with E-state index in [0.717, 1.165) is 63.8 Å². The highest BCUT2D eigenvalue weighted by Gasteiger charge is 2.20. The van der Waals surface area contributed by atoms with Crippen LogP contribution in [0, 0.1) is 0 Å². The predicted molar refractivity (Wildman–Crippen MR) is 103 cm³/mol. The van der Waals surface area contributed by atoms with E-state index in [1.54, 1.807) is 0 Å². The molecule has 0 bridgehead atoms. The lowest BCUT2D eigenvalue weighted by molar-refractivity contribution is -0.137. The number of carboxylic acid groups (broad SMARTS) is 1. The van der Waals surface area contributed by atoms with Gasteiger partial charge in [0.2, 0.25) is 5.95 Å². The number of carboxylic acids is 1. The molecule has 2 aliphatic heterocycles. The summed E-state index contributed by atoms with van der Waals surface area (Å²) in [6.45, 7) is 5.06. The maximum atomic E-state index is 10.6. The minimum Gasteiger partial charge on any atom is -0.481 e. The molecule has 26 heavy (non-hydrogen) atoms. The van der Waals surface area contributed by atoms with E-state index in [-0.39, 0.29) is 6.42 Å². The van der Waals surface area contributed by atoms with Gasteiger partial charge in [0.15, 0.2) is 0 Å². The molecule has 144 valence electrons. The SMILES string of the molecule is O=C(O)CCCN1CCC(Nc2nccc(N3CCCCCC3)n2)CC1. The number of hydrogen-bond acceptors (Lipinski definition) is 6. The van der Waals surface area contributed by atoms with Crippen molar-refractivity contribution in [1.29, 1.82) is 0 Å². The van der Waals surface area contributed by atoms with Crippen LogP contribution in [0.5, 0.6) is 0 Å². The molecule has 1 aromatic rings. The molecule has 1 aromatic heterocycles. The zero-order chi connectivity index (χ0) is 18.2. The highest BCUT2D eigenvalue weighted by atomic mass is 16.4. The van der Waals surface area contributed by atoms with Gasteiger partial charge < -0.3 is 20.2 Å². The first-order valence-electron chi connectivity index (χ1n) is 9.99. The number of aromatic nitrogens is 2. The van der Waals surface area contributed by atoms with Crippen molar-refractivity contribution in [1.82, 2.24) is 14.9 Å². The Morgan fingerprint density at radius 3 is 2.58 bits per heavy atom. The fourth-order valence-electron chi connectivity index (χ4n) is 3.83. The summed E-state index contributed by atoms with van der Waals surface area (Å²) in [5, 5.41) is 12.2. The van der Waals surface area contributed by atoms with E-state index in [2.05, 4.69) is 20.1 Å². The molecule has 0 aliphatic carbocycles. The maximum absolute atomic E-state index is 10.6. The van der Waals surface area contributed by atoms with Crippen molar-refractivity contribution in [3.63, 3.8) is 0 Å². The summed E-state index contributed by atoms with van der Waals surface area (Å²) in [4.78, 5) is 24.5. The van der Waals surface area contributed by atoms with Gasteiger partial charge >= 0.3 is 5.97 Å². The van der Waals surface area contributed by atoms with Gasteiger partial charge in [-0.05, 0) is 44.7 Å². The molecule has 7 nitrogen and oxygen atoms in total. The third-order valence-electron chi connectivity index (χ3n) is 5.36. The first-order valence-corrected chi connectivity index (χ1v) is 9.99. The molecule has 7 heteroatoms. The number of likely N-dealkylation sites (tertiary alicyclic amines) is 1. The molecule has 2 N–H and O–H groups in total. The van der Waals surface area contributed by atoms with Crippen molar-refractivity contribution in [2.24, 2.45) is 0 Å².